The van der Waals surface area contributed by atoms with E-state index in [4.69, 9.17) is 0 Å². The van der Waals surface area contributed by atoms with Gasteiger partial charge < -0.3 is 9.80 Å². The van der Waals surface area contributed by atoms with Crippen LogP contribution >= 0.6 is 0 Å². The lowest BCUT2D eigenvalue weighted by Gasteiger charge is -2.35. The standard InChI is InChI=1S/C15H23N5O3S/c1-3-8-20(24(2,22)23)9-5-14(21)18-10-12-19(13-11-18)15-16-6-4-7-17-15/h3-4,6-7H,1,5,8-13H2,2H3. The molecule has 1 saturated heterocycles. The van der Waals surface area contributed by atoms with Gasteiger partial charge in [-0.05, 0) is 6.07 Å². The molecule has 0 spiro atoms. The van der Waals surface area contributed by atoms with Gasteiger partial charge in [0.05, 0.1) is 6.26 Å². The van der Waals surface area contributed by atoms with Gasteiger partial charge in [0.25, 0.3) is 0 Å². The maximum atomic E-state index is 12.3. The van der Waals surface area contributed by atoms with Gasteiger partial charge in [0, 0.05) is 58.1 Å². The van der Waals surface area contributed by atoms with Gasteiger partial charge in [0.15, 0.2) is 0 Å². The number of rotatable bonds is 7. The van der Waals surface area contributed by atoms with Crippen molar-refractivity contribution < 1.29 is 13.2 Å². The lowest BCUT2D eigenvalue weighted by atomic mass is 10.3. The van der Waals surface area contributed by atoms with Gasteiger partial charge in [-0.3, -0.25) is 4.79 Å². The summed E-state index contributed by atoms with van der Waals surface area (Å²) in [5.74, 6) is 0.625. The number of piperazine rings is 1. The Labute approximate surface area is 142 Å². The molecule has 9 heteroatoms. The van der Waals surface area contributed by atoms with E-state index in [2.05, 4.69) is 16.5 Å². The number of sulfonamides is 1. The Morgan fingerprint density at radius 3 is 2.46 bits per heavy atom. The van der Waals surface area contributed by atoms with Crippen molar-refractivity contribution in [2.24, 2.45) is 0 Å². The smallest absolute Gasteiger partial charge is 0.225 e. The maximum Gasteiger partial charge on any atom is 0.225 e. The molecule has 1 aromatic rings. The number of hydrogen-bond acceptors (Lipinski definition) is 6. The summed E-state index contributed by atoms with van der Waals surface area (Å²) in [6, 6.07) is 1.76. The molecule has 0 aromatic carbocycles. The molecule has 1 fully saturated rings. The molecule has 1 amide bonds. The first-order valence-corrected chi connectivity index (χ1v) is 9.62. The number of carbonyl (C=O) groups is 1. The second-order valence-corrected chi connectivity index (χ2v) is 7.56. The topological polar surface area (TPSA) is 86.7 Å². The Kier molecular flexibility index (Phi) is 6.27. The molecule has 1 aliphatic heterocycles. The van der Waals surface area contributed by atoms with Crippen molar-refractivity contribution in [3.63, 3.8) is 0 Å². The van der Waals surface area contributed by atoms with E-state index in [1.54, 1.807) is 23.4 Å². The molecule has 132 valence electrons. The van der Waals surface area contributed by atoms with E-state index in [1.165, 1.54) is 10.4 Å². The second kappa shape index (κ2) is 8.20. The second-order valence-electron chi connectivity index (χ2n) is 5.58. The zero-order valence-electron chi connectivity index (χ0n) is 13.8. The third-order valence-corrected chi connectivity index (χ3v) is 5.11. The van der Waals surface area contributed by atoms with E-state index in [0.29, 0.717) is 32.1 Å². The van der Waals surface area contributed by atoms with Gasteiger partial charge >= 0.3 is 0 Å². The molecule has 0 unspecified atom stereocenters. The number of carbonyl (C=O) groups excluding carboxylic acids is 1. The molecule has 1 aliphatic rings. The third-order valence-electron chi connectivity index (χ3n) is 3.84. The predicted molar refractivity (Wildman–Crippen MR) is 92.1 cm³/mol. The van der Waals surface area contributed by atoms with E-state index in [0.717, 1.165) is 6.26 Å². The van der Waals surface area contributed by atoms with Gasteiger partial charge in [-0.25, -0.2) is 18.4 Å². The van der Waals surface area contributed by atoms with Crippen molar-refractivity contribution in [2.45, 2.75) is 6.42 Å². The fourth-order valence-corrected chi connectivity index (χ4v) is 3.32. The van der Waals surface area contributed by atoms with Gasteiger partial charge in [-0.1, -0.05) is 6.08 Å². The summed E-state index contributed by atoms with van der Waals surface area (Å²) in [4.78, 5) is 24.5. The van der Waals surface area contributed by atoms with Crippen molar-refractivity contribution in [3.05, 3.63) is 31.1 Å². The Bertz CT molecular complexity index is 657. The minimum Gasteiger partial charge on any atom is -0.339 e. The zero-order chi connectivity index (χ0) is 17.6. The van der Waals surface area contributed by atoms with Crippen molar-refractivity contribution in [2.75, 3.05) is 50.4 Å². The SMILES string of the molecule is C=CCN(CCC(=O)N1CCN(c2ncccn2)CC1)S(C)(=O)=O. The lowest BCUT2D eigenvalue weighted by molar-refractivity contribution is -0.131. The normalized spacial score (nSPS) is 15.6. The van der Waals surface area contributed by atoms with E-state index in [1.807, 2.05) is 4.90 Å². The molecule has 24 heavy (non-hydrogen) atoms. The van der Waals surface area contributed by atoms with Crippen LogP contribution in [0.2, 0.25) is 0 Å². The monoisotopic (exact) mass is 353 g/mol. The minimum absolute atomic E-state index is 0.0404. The molecule has 8 nitrogen and oxygen atoms in total. The molecule has 0 aliphatic carbocycles. The van der Waals surface area contributed by atoms with E-state index in [9.17, 15) is 13.2 Å². The van der Waals surface area contributed by atoms with Crippen molar-refractivity contribution in [1.82, 2.24) is 19.2 Å². The van der Waals surface area contributed by atoms with Crippen LogP contribution in [-0.4, -0.2) is 79.0 Å². The summed E-state index contributed by atoms with van der Waals surface area (Å²) >= 11 is 0. The van der Waals surface area contributed by atoms with Crippen LogP contribution in [0.4, 0.5) is 5.95 Å². The van der Waals surface area contributed by atoms with Crippen molar-refractivity contribution in [3.8, 4) is 0 Å². The number of hydrogen-bond donors (Lipinski definition) is 0. The zero-order valence-corrected chi connectivity index (χ0v) is 14.7. The number of anilines is 1. The lowest BCUT2D eigenvalue weighted by Crippen LogP contribution is -2.49. The number of nitrogens with zero attached hydrogens (tertiary/aromatic N) is 5. The van der Waals surface area contributed by atoms with Crippen LogP contribution < -0.4 is 4.90 Å². The first-order chi connectivity index (χ1) is 11.4. The molecule has 0 atom stereocenters. The Hall–Kier alpha value is -2.00. The van der Waals surface area contributed by atoms with Gasteiger partial charge in [-0.15, -0.1) is 6.58 Å². The van der Waals surface area contributed by atoms with Crippen LogP contribution in [0.25, 0.3) is 0 Å². The van der Waals surface area contributed by atoms with E-state index >= 15 is 0 Å². The van der Waals surface area contributed by atoms with Gasteiger partial charge in [0.1, 0.15) is 0 Å². The van der Waals surface area contributed by atoms with Crippen LogP contribution in [0.1, 0.15) is 6.42 Å². The highest BCUT2D eigenvalue weighted by atomic mass is 32.2. The van der Waals surface area contributed by atoms with Crippen LogP contribution in [-0.2, 0) is 14.8 Å². The molecular weight excluding hydrogens is 330 g/mol. The summed E-state index contributed by atoms with van der Waals surface area (Å²) in [6.45, 7) is 6.43. The van der Waals surface area contributed by atoms with Crippen molar-refractivity contribution >= 4 is 21.9 Å². The molecular formula is C15H23N5O3S. The highest BCUT2D eigenvalue weighted by Crippen LogP contribution is 2.11. The largest absolute Gasteiger partial charge is 0.339 e. The third kappa shape index (κ3) is 5.00. The van der Waals surface area contributed by atoms with E-state index < -0.39 is 10.0 Å². The average molecular weight is 353 g/mol. The highest BCUT2D eigenvalue weighted by molar-refractivity contribution is 7.88. The summed E-state index contributed by atoms with van der Waals surface area (Å²) < 4.78 is 24.5. The maximum absolute atomic E-state index is 12.3. The molecule has 0 bridgehead atoms. The summed E-state index contributed by atoms with van der Waals surface area (Å²) in [5.41, 5.74) is 0. The Balaban J connectivity index is 1.83. The summed E-state index contributed by atoms with van der Waals surface area (Å²) in [5, 5.41) is 0. The van der Waals surface area contributed by atoms with Crippen molar-refractivity contribution in [1.29, 1.82) is 0 Å². The fraction of sp³-hybridized carbons (Fsp3) is 0.533. The number of amides is 1. The van der Waals surface area contributed by atoms with E-state index in [-0.39, 0.29) is 25.4 Å². The molecule has 0 saturated carbocycles. The predicted octanol–water partition coefficient (Wildman–Crippen LogP) is -0.0371. The van der Waals surface area contributed by atoms with Crippen LogP contribution in [0.5, 0.6) is 0 Å². The fourth-order valence-electron chi connectivity index (χ4n) is 2.53. The Morgan fingerprint density at radius 1 is 1.29 bits per heavy atom. The molecule has 0 radical (unpaired) electrons. The molecule has 2 rings (SSSR count). The molecule has 2 heterocycles. The van der Waals surface area contributed by atoms with Gasteiger partial charge in [-0.2, -0.15) is 4.31 Å². The minimum atomic E-state index is -3.33. The molecule has 1 aromatic heterocycles. The van der Waals surface area contributed by atoms with Crippen LogP contribution in [0.15, 0.2) is 31.1 Å². The highest BCUT2D eigenvalue weighted by Gasteiger charge is 2.24. The van der Waals surface area contributed by atoms with Gasteiger partial charge in [0.2, 0.25) is 21.9 Å². The first kappa shape index (κ1) is 18.3. The number of aromatic nitrogens is 2. The Morgan fingerprint density at radius 2 is 1.92 bits per heavy atom. The molecule has 0 N–H and O–H groups in total. The first-order valence-electron chi connectivity index (χ1n) is 7.77. The van der Waals surface area contributed by atoms with Crippen LogP contribution in [0, 0.1) is 0 Å². The summed E-state index contributed by atoms with van der Waals surface area (Å²) in [6.07, 6.45) is 6.21. The summed E-state index contributed by atoms with van der Waals surface area (Å²) in [7, 11) is -3.33. The van der Waals surface area contributed by atoms with Crippen LogP contribution in [0.3, 0.4) is 0 Å². The quantitative estimate of drug-likeness (QED) is 0.640. The average Bonchev–Trinajstić information content (AvgIpc) is 2.58.